The molecule has 1 aromatic carbocycles. The second-order valence-corrected chi connectivity index (χ2v) is 3.20. The molecular formula is C9H10ClF2N. The second kappa shape index (κ2) is 4.53. The summed E-state index contributed by atoms with van der Waals surface area (Å²) in [5.74, 6) is 0. The van der Waals surface area contributed by atoms with Gasteiger partial charge in [0.25, 0.3) is 6.43 Å². The summed E-state index contributed by atoms with van der Waals surface area (Å²) in [4.78, 5) is 0. The van der Waals surface area contributed by atoms with Crippen LogP contribution < -0.4 is 5.73 Å². The Morgan fingerprint density at radius 1 is 1.31 bits per heavy atom. The van der Waals surface area contributed by atoms with Gasteiger partial charge in [0.15, 0.2) is 0 Å². The Morgan fingerprint density at radius 2 is 1.92 bits per heavy atom. The van der Waals surface area contributed by atoms with Crippen LogP contribution in [0.3, 0.4) is 0 Å². The molecule has 1 unspecified atom stereocenters. The minimum Gasteiger partial charge on any atom is -0.323 e. The highest BCUT2D eigenvalue weighted by molar-refractivity contribution is 6.31. The van der Waals surface area contributed by atoms with E-state index in [0.717, 1.165) is 0 Å². The standard InChI is InChI=1S/C9H10ClF2N/c10-7-4-2-1-3-6(7)5-8(13)9(11)12/h1-4,8-9H,5,13H2. The Hall–Kier alpha value is -0.670. The van der Waals surface area contributed by atoms with Crippen molar-refractivity contribution in [1.82, 2.24) is 0 Å². The zero-order valence-corrected chi connectivity index (χ0v) is 7.64. The topological polar surface area (TPSA) is 26.0 Å². The fourth-order valence-corrected chi connectivity index (χ4v) is 1.22. The normalized spacial score (nSPS) is 13.3. The van der Waals surface area contributed by atoms with Crippen molar-refractivity contribution in [3.05, 3.63) is 34.9 Å². The highest BCUT2D eigenvalue weighted by Crippen LogP contribution is 2.17. The van der Waals surface area contributed by atoms with Crippen LogP contribution in [0.5, 0.6) is 0 Å². The summed E-state index contributed by atoms with van der Waals surface area (Å²) in [5.41, 5.74) is 5.87. The minimum absolute atomic E-state index is 0.108. The first-order chi connectivity index (χ1) is 6.11. The summed E-state index contributed by atoms with van der Waals surface area (Å²) in [6.07, 6.45) is -2.39. The quantitative estimate of drug-likeness (QED) is 0.806. The van der Waals surface area contributed by atoms with Crippen molar-refractivity contribution in [2.24, 2.45) is 5.73 Å². The van der Waals surface area contributed by atoms with Crippen molar-refractivity contribution in [2.75, 3.05) is 0 Å². The smallest absolute Gasteiger partial charge is 0.253 e. The average molecular weight is 206 g/mol. The van der Waals surface area contributed by atoms with Crippen LogP contribution in [-0.4, -0.2) is 12.5 Å². The van der Waals surface area contributed by atoms with Crippen molar-refractivity contribution in [1.29, 1.82) is 0 Å². The van der Waals surface area contributed by atoms with Gasteiger partial charge in [0.1, 0.15) is 0 Å². The first-order valence-electron chi connectivity index (χ1n) is 3.88. The van der Waals surface area contributed by atoms with Crippen molar-refractivity contribution in [3.63, 3.8) is 0 Å². The molecule has 2 N–H and O–H groups in total. The fraction of sp³-hybridized carbons (Fsp3) is 0.333. The first kappa shape index (κ1) is 10.4. The zero-order chi connectivity index (χ0) is 9.84. The van der Waals surface area contributed by atoms with Gasteiger partial charge < -0.3 is 5.73 Å². The molecule has 0 saturated heterocycles. The third-order valence-electron chi connectivity index (χ3n) is 1.74. The molecule has 0 aromatic heterocycles. The highest BCUT2D eigenvalue weighted by Gasteiger charge is 2.16. The molecule has 0 aliphatic heterocycles. The fourth-order valence-electron chi connectivity index (χ4n) is 1.01. The lowest BCUT2D eigenvalue weighted by Gasteiger charge is -2.10. The highest BCUT2D eigenvalue weighted by atomic mass is 35.5. The molecule has 1 rings (SSSR count). The number of halogens is 3. The summed E-state index contributed by atoms with van der Waals surface area (Å²) < 4.78 is 24.2. The van der Waals surface area contributed by atoms with E-state index < -0.39 is 12.5 Å². The molecule has 0 saturated carbocycles. The summed E-state index contributed by atoms with van der Waals surface area (Å²) >= 11 is 5.77. The molecule has 0 heterocycles. The van der Waals surface area contributed by atoms with Gasteiger partial charge in [0, 0.05) is 5.02 Å². The maximum atomic E-state index is 12.1. The van der Waals surface area contributed by atoms with E-state index in [1.54, 1.807) is 24.3 Å². The third kappa shape index (κ3) is 2.94. The maximum Gasteiger partial charge on any atom is 0.253 e. The van der Waals surface area contributed by atoms with Gasteiger partial charge >= 0.3 is 0 Å². The number of hydrogen-bond donors (Lipinski definition) is 1. The van der Waals surface area contributed by atoms with E-state index in [0.29, 0.717) is 10.6 Å². The molecule has 72 valence electrons. The van der Waals surface area contributed by atoms with E-state index in [2.05, 4.69) is 0 Å². The van der Waals surface area contributed by atoms with Gasteiger partial charge in [-0.05, 0) is 18.1 Å². The molecule has 0 spiro atoms. The summed E-state index contributed by atoms with van der Waals surface area (Å²) in [5, 5.41) is 0.485. The van der Waals surface area contributed by atoms with Crippen LogP contribution in [0.4, 0.5) is 8.78 Å². The van der Waals surface area contributed by atoms with Crippen molar-refractivity contribution in [3.8, 4) is 0 Å². The monoisotopic (exact) mass is 205 g/mol. The van der Waals surface area contributed by atoms with Gasteiger partial charge in [-0.15, -0.1) is 0 Å². The van der Waals surface area contributed by atoms with Crippen LogP contribution in [0.15, 0.2) is 24.3 Å². The Morgan fingerprint density at radius 3 is 2.46 bits per heavy atom. The number of alkyl halides is 2. The largest absolute Gasteiger partial charge is 0.323 e. The number of benzene rings is 1. The first-order valence-corrected chi connectivity index (χ1v) is 4.26. The van der Waals surface area contributed by atoms with Gasteiger partial charge in [-0.1, -0.05) is 29.8 Å². The van der Waals surface area contributed by atoms with Crippen LogP contribution in [0.25, 0.3) is 0 Å². The van der Waals surface area contributed by atoms with Crippen molar-refractivity contribution in [2.45, 2.75) is 18.9 Å². The lowest BCUT2D eigenvalue weighted by Crippen LogP contribution is -2.30. The molecule has 1 atom stereocenters. The molecular weight excluding hydrogens is 196 g/mol. The third-order valence-corrected chi connectivity index (χ3v) is 2.11. The molecule has 4 heteroatoms. The molecule has 0 aliphatic carbocycles. The molecule has 0 radical (unpaired) electrons. The van der Waals surface area contributed by atoms with E-state index in [4.69, 9.17) is 17.3 Å². The Bertz CT molecular complexity index is 278. The summed E-state index contributed by atoms with van der Waals surface area (Å²) in [6, 6.07) is 5.72. The molecule has 0 fully saturated rings. The van der Waals surface area contributed by atoms with Gasteiger partial charge in [-0.2, -0.15) is 0 Å². The van der Waals surface area contributed by atoms with E-state index in [-0.39, 0.29) is 6.42 Å². The lowest BCUT2D eigenvalue weighted by atomic mass is 10.1. The number of rotatable bonds is 3. The van der Waals surface area contributed by atoms with Crippen molar-refractivity contribution < 1.29 is 8.78 Å². The number of nitrogens with two attached hydrogens (primary N) is 1. The van der Waals surface area contributed by atoms with Crippen LogP contribution in [-0.2, 0) is 6.42 Å². The number of hydrogen-bond acceptors (Lipinski definition) is 1. The Balaban J connectivity index is 2.69. The van der Waals surface area contributed by atoms with E-state index in [1.807, 2.05) is 0 Å². The Kier molecular flexibility index (Phi) is 3.63. The zero-order valence-electron chi connectivity index (χ0n) is 6.88. The molecule has 0 amide bonds. The van der Waals surface area contributed by atoms with Crippen LogP contribution in [0.1, 0.15) is 5.56 Å². The van der Waals surface area contributed by atoms with E-state index >= 15 is 0 Å². The van der Waals surface area contributed by atoms with Gasteiger partial charge in [-0.25, -0.2) is 8.78 Å². The van der Waals surface area contributed by atoms with E-state index in [9.17, 15) is 8.78 Å². The summed E-state index contributed by atoms with van der Waals surface area (Å²) in [6.45, 7) is 0. The summed E-state index contributed by atoms with van der Waals surface area (Å²) in [7, 11) is 0. The van der Waals surface area contributed by atoms with E-state index in [1.165, 1.54) is 0 Å². The van der Waals surface area contributed by atoms with Crippen molar-refractivity contribution >= 4 is 11.6 Å². The maximum absolute atomic E-state index is 12.1. The van der Waals surface area contributed by atoms with Crippen LogP contribution in [0.2, 0.25) is 5.02 Å². The molecule has 13 heavy (non-hydrogen) atoms. The Labute approximate surface area is 80.5 Å². The predicted octanol–water partition coefficient (Wildman–Crippen LogP) is 2.47. The molecule has 1 nitrogen and oxygen atoms in total. The molecule has 1 aromatic rings. The minimum atomic E-state index is -2.50. The van der Waals surface area contributed by atoms with Gasteiger partial charge in [0.05, 0.1) is 6.04 Å². The SMILES string of the molecule is NC(Cc1ccccc1Cl)C(F)F. The average Bonchev–Trinajstić information content (AvgIpc) is 2.08. The van der Waals surface area contributed by atoms with Gasteiger partial charge in [-0.3, -0.25) is 0 Å². The predicted molar refractivity (Wildman–Crippen MR) is 49.1 cm³/mol. The molecule has 0 bridgehead atoms. The molecule has 0 aliphatic rings. The van der Waals surface area contributed by atoms with Gasteiger partial charge in [0.2, 0.25) is 0 Å². The van der Waals surface area contributed by atoms with Crippen LogP contribution >= 0.6 is 11.6 Å². The second-order valence-electron chi connectivity index (χ2n) is 2.79. The lowest BCUT2D eigenvalue weighted by molar-refractivity contribution is 0.116. The van der Waals surface area contributed by atoms with Crippen LogP contribution in [0, 0.1) is 0 Å².